The summed E-state index contributed by atoms with van der Waals surface area (Å²) in [5.41, 5.74) is -1.73. The molecule has 1 rings (SSSR count). The molecule has 1 unspecified atom stereocenters. The molecular formula is C11H12ClNO6S2. The van der Waals surface area contributed by atoms with Crippen LogP contribution in [0.25, 0.3) is 0 Å². The number of esters is 1. The molecule has 0 saturated heterocycles. The number of aliphatic hydroxyl groups excluding tert-OH is 1. The van der Waals surface area contributed by atoms with Crippen molar-refractivity contribution in [1.29, 1.82) is 0 Å². The van der Waals surface area contributed by atoms with E-state index in [1.54, 1.807) is 6.92 Å². The monoisotopic (exact) mass is 353 g/mol. The van der Waals surface area contributed by atoms with Crippen LogP contribution in [0.3, 0.4) is 0 Å². The molecule has 0 amide bonds. The van der Waals surface area contributed by atoms with E-state index in [9.17, 15) is 23.1 Å². The van der Waals surface area contributed by atoms with Crippen molar-refractivity contribution in [1.82, 2.24) is 0 Å². The second-order valence-electron chi connectivity index (χ2n) is 3.70. The number of nitrogens with two attached hydrogens (primary N) is 1. The maximum atomic E-state index is 11.8. The first-order valence-corrected chi connectivity index (χ1v) is 8.35. The van der Waals surface area contributed by atoms with Gasteiger partial charge in [-0.3, -0.25) is 4.79 Å². The van der Waals surface area contributed by atoms with Gasteiger partial charge >= 0.3 is 5.97 Å². The van der Waals surface area contributed by atoms with E-state index in [1.165, 1.54) is 6.07 Å². The van der Waals surface area contributed by atoms with E-state index in [0.29, 0.717) is 11.8 Å². The van der Waals surface area contributed by atoms with Crippen molar-refractivity contribution in [3.8, 4) is 0 Å². The van der Waals surface area contributed by atoms with Crippen LogP contribution in [0.4, 0.5) is 0 Å². The largest absolute Gasteiger partial charge is 0.462 e. The smallest absolute Gasteiger partial charge is 0.339 e. The van der Waals surface area contributed by atoms with E-state index in [4.69, 9.17) is 21.5 Å². The average Bonchev–Trinajstić information content (AvgIpc) is 2.37. The summed E-state index contributed by atoms with van der Waals surface area (Å²) in [5, 5.41) is 13.4. The Morgan fingerprint density at radius 1 is 1.48 bits per heavy atom. The number of hydrogen-bond acceptors (Lipinski definition) is 7. The first-order chi connectivity index (χ1) is 9.66. The number of hydrogen-bond donors (Lipinski definition) is 2. The van der Waals surface area contributed by atoms with Gasteiger partial charge in [-0.15, -0.1) is 0 Å². The Balaban J connectivity index is 3.30. The Morgan fingerprint density at radius 3 is 2.57 bits per heavy atom. The second kappa shape index (κ2) is 7.23. The van der Waals surface area contributed by atoms with Crippen molar-refractivity contribution in [2.45, 2.75) is 22.2 Å². The van der Waals surface area contributed by atoms with Crippen molar-refractivity contribution in [2.75, 3.05) is 6.61 Å². The highest BCUT2D eigenvalue weighted by molar-refractivity contribution is 8.00. The van der Waals surface area contributed by atoms with Crippen LogP contribution in [-0.4, -0.2) is 36.8 Å². The zero-order valence-electron chi connectivity index (χ0n) is 10.8. The predicted octanol–water partition coefficient (Wildman–Crippen LogP) is 0.687. The van der Waals surface area contributed by atoms with Gasteiger partial charge in [-0.05, 0) is 36.7 Å². The summed E-state index contributed by atoms with van der Waals surface area (Å²) in [6.45, 7) is 1.64. The molecule has 116 valence electrons. The maximum absolute atomic E-state index is 11.8. The average molecular weight is 354 g/mol. The van der Waals surface area contributed by atoms with Crippen LogP contribution in [0.5, 0.6) is 0 Å². The van der Waals surface area contributed by atoms with Crippen molar-refractivity contribution < 1.29 is 27.9 Å². The fourth-order valence-electron chi connectivity index (χ4n) is 1.32. The van der Waals surface area contributed by atoms with E-state index >= 15 is 0 Å². The van der Waals surface area contributed by atoms with Crippen molar-refractivity contribution in [2.24, 2.45) is 5.14 Å². The van der Waals surface area contributed by atoms with Crippen LogP contribution in [-0.2, 0) is 19.6 Å². The fraction of sp³-hybridized carbons (Fsp3) is 0.273. The lowest BCUT2D eigenvalue weighted by atomic mass is 10.2. The fourth-order valence-corrected chi connectivity index (χ4v) is 2.75. The molecule has 21 heavy (non-hydrogen) atoms. The molecule has 0 aliphatic carbocycles. The van der Waals surface area contributed by atoms with Gasteiger partial charge in [-0.1, -0.05) is 11.8 Å². The molecule has 0 aliphatic rings. The normalized spacial score (nSPS) is 12.8. The first-order valence-electron chi connectivity index (χ1n) is 5.55. The number of halogens is 1. The maximum Gasteiger partial charge on any atom is 0.339 e. The number of rotatable bonds is 6. The Morgan fingerprint density at radius 2 is 2.10 bits per heavy atom. The number of aliphatic hydroxyl groups is 1. The second-order valence-corrected chi connectivity index (χ2v) is 6.75. The zero-order valence-corrected chi connectivity index (χ0v) is 13.2. The summed E-state index contributed by atoms with van der Waals surface area (Å²) in [5.74, 6) is -0.806. The van der Waals surface area contributed by atoms with Crippen LogP contribution in [0.2, 0.25) is 0 Å². The number of primary sulfonamides is 1. The first kappa shape index (κ1) is 17.9. The molecule has 1 aromatic carbocycles. The third kappa shape index (κ3) is 4.97. The molecule has 0 bridgehead atoms. The lowest BCUT2D eigenvalue weighted by molar-refractivity contribution is -0.115. The summed E-state index contributed by atoms with van der Waals surface area (Å²) < 4.78 is 27.4. The Labute approximate surface area is 130 Å². The van der Waals surface area contributed by atoms with Gasteiger partial charge in [0.25, 0.3) is 5.24 Å². The Bertz CT molecular complexity index is 661. The molecule has 0 radical (unpaired) electrons. The van der Waals surface area contributed by atoms with E-state index in [-0.39, 0.29) is 22.0 Å². The minimum Gasteiger partial charge on any atom is -0.462 e. The van der Waals surface area contributed by atoms with Gasteiger partial charge in [-0.25, -0.2) is 18.4 Å². The molecule has 0 spiro atoms. The van der Waals surface area contributed by atoms with Gasteiger partial charge in [0.1, 0.15) is 0 Å². The molecular weight excluding hydrogens is 342 g/mol. The standard InChI is InChI=1S/C11H12ClNO6S2/c1-2-19-10(15)7-5-6(21(13,17)18)3-4-8(7)20-11(16)9(12)14/h3-5,11,16H,2H2,1H3,(H2,13,17,18). The molecule has 0 fully saturated rings. The molecule has 1 aromatic rings. The minimum absolute atomic E-state index is 0.0690. The number of ether oxygens (including phenoxy) is 1. The summed E-state index contributed by atoms with van der Waals surface area (Å²) in [6, 6.07) is 3.40. The Hall–Kier alpha value is -1.13. The van der Waals surface area contributed by atoms with Crippen molar-refractivity contribution in [3.63, 3.8) is 0 Å². The van der Waals surface area contributed by atoms with Crippen LogP contribution >= 0.6 is 23.4 Å². The number of carbonyl (C=O) groups is 2. The van der Waals surface area contributed by atoms with E-state index in [2.05, 4.69) is 0 Å². The van der Waals surface area contributed by atoms with Gasteiger partial charge < -0.3 is 9.84 Å². The summed E-state index contributed by atoms with van der Waals surface area (Å²) >= 11 is 5.72. The van der Waals surface area contributed by atoms with Crippen LogP contribution in [0.1, 0.15) is 17.3 Å². The lowest BCUT2D eigenvalue weighted by Crippen LogP contribution is -2.15. The number of carbonyl (C=O) groups excluding carboxylic acids is 2. The third-order valence-corrected chi connectivity index (χ3v) is 4.50. The van der Waals surface area contributed by atoms with E-state index in [0.717, 1.165) is 12.1 Å². The van der Waals surface area contributed by atoms with Crippen LogP contribution in [0, 0.1) is 0 Å². The third-order valence-electron chi connectivity index (χ3n) is 2.21. The van der Waals surface area contributed by atoms with Crippen molar-refractivity contribution in [3.05, 3.63) is 23.8 Å². The van der Waals surface area contributed by atoms with E-state index < -0.39 is 26.7 Å². The molecule has 10 heteroatoms. The highest BCUT2D eigenvalue weighted by Crippen LogP contribution is 2.29. The predicted molar refractivity (Wildman–Crippen MR) is 76.5 cm³/mol. The molecule has 0 saturated carbocycles. The zero-order chi connectivity index (χ0) is 16.2. The topological polar surface area (TPSA) is 124 Å². The molecule has 0 aromatic heterocycles. The molecule has 0 heterocycles. The highest BCUT2D eigenvalue weighted by atomic mass is 35.5. The summed E-state index contributed by atoms with van der Waals surface area (Å²) in [7, 11) is -4.01. The van der Waals surface area contributed by atoms with Crippen molar-refractivity contribution >= 4 is 44.6 Å². The van der Waals surface area contributed by atoms with Crippen LogP contribution in [0.15, 0.2) is 28.0 Å². The molecule has 1 atom stereocenters. The minimum atomic E-state index is -4.01. The molecule has 3 N–H and O–H groups in total. The van der Waals surface area contributed by atoms with Gasteiger partial charge in [0.05, 0.1) is 17.1 Å². The quantitative estimate of drug-likeness (QED) is 0.333. The van der Waals surface area contributed by atoms with Crippen LogP contribution < -0.4 is 5.14 Å². The summed E-state index contributed by atoms with van der Waals surface area (Å²) in [6.07, 6.45) is 0. The van der Waals surface area contributed by atoms with Gasteiger partial charge in [-0.2, -0.15) is 0 Å². The lowest BCUT2D eigenvalue weighted by Gasteiger charge is -2.11. The number of thioether (sulfide) groups is 1. The SMILES string of the molecule is CCOC(=O)c1cc(S(N)(=O)=O)ccc1SC(O)C(=O)Cl. The van der Waals surface area contributed by atoms with Gasteiger partial charge in [0.2, 0.25) is 10.0 Å². The Kier molecular flexibility index (Phi) is 6.17. The van der Waals surface area contributed by atoms with Gasteiger partial charge in [0, 0.05) is 4.90 Å². The van der Waals surface area contributed by atoms with E-state index in [1.807, 2.05) is 0 Å². The number of sulfonamides is 1. The molecule has 0 aliphatic heterocycles. The highest BCUT2D eigenvalue weighted by Gasteiger charge is 2.22. The molecule has 7 nitrogen and oxygen atoms in total. The number of benzene rings is 1. The van der Waals surface area contributed by atoms with Gasteiger partial charge in [0.15, 0.2) is 5.44 Å². The summed E-state index contributed by atoms with van der Waals surface area (Å²) in [4.78, 5) is 22.5.